The predicted octanol–water partition coefficient (Wildman–Crippen LogP) is 2.54. The Morgan fingerprint density at radius 3 is 2.47 bits per heavy atom. The first-order chi connectivity index (χ1) is 7.27. The van der Waals surface area contributed by atoms with Gasteiger partial charge in [-0.2, -0.15) is 0 Å². The third kappa shape index (κ3) is 4.02. The highest BCUT2D eigenvalue weighted by Gasteiger charge is 2.11. The van der Waals surface area contributed by atoms with E-state index in [9.17, 15) is 0 Å². The van der Waals surface area contributed by atoms with E-state index in [2.05, 4.69) is 49.1 Å². The van der Waals surface area contributed by atoms with Crippen molar-refractivity contribution in [3.8, 4) is 0 Å². The second-order valence-corrected chi connectivity index (χ2v) is 3.85. The molecule has 0 bridgehead atoms. The molecule has 0 radical (unpaired) electrons. The first-order valence-electron chi connectivity index (χ1n) is 5.54. The normalized spacial score (nSPS) is 13.1. The van der Waals surface area contributed by atoms with Crippen molar-refractivity contribution < 1.29 is 4.74 Å². The topological polar surface area (TPSA) is 12.5 Å². The highest BCUT2D eigenvalue weighted by molar-refractivity contribution is 5.14. The Morgan fingerprint density at radius 1 is 1.27 bits per heavy atom. The van der Waals surface area contributed by atoms with Gasteiger partial charge in [0, 0.05) is 19.7 Å². The summed E-state index contributed by atoms with van der Waals surface area (Å²) in [7, 11) is 1.76. The van der Waals surface area contributed by atoms with Crippen molar-refractivity contribution in [3.63, 3.8) is 0 Å². The average Bonchev–Trinajstić information content (AvgIpc) is 2.27. The van der Waals surface area contributed by atoms with Crippen LogP contribution < -0.4 is 0 Å². The van der Waals surface area contributed by atoms with E-state index in [4.69, 9.17) is 4.74 Å². The molecule has 1 unspecified atom stereocenters. The lowest BCUT2D eigenvalue weighted by atomic mass is 10.2. The van der Waals surface area contributed by atoms with Crippen molar-refractivity contribution in [3.05, 3.63) is 35.9 Å². The smallest absolute Gasteiger partial charge is 0.0615 e. The van der Waals surface area contributed by atoms with Crippen molar-refractivity contribution >= 4 is 0 Å². The Morgan fingerprint density at radius 2 is 1.93 bits per heavy atom. The van der Waals surface area contributed by atoms with E-state index in [1.807, 2.05) is 0 Å². The molecule has 0 heterocycles. The van der Waals surface area contributed by atoms with Gasteiger partial charge >= 0.3 is 0 Å². The van der Waals surface area contributed by atoms with Gasteiger partial charge in [0.25, 0.3) is 0 Å². The molecule has 2 nitrogen and oxygen atoms in total. The van der Waals surface area contributed by atoms with Gasteiger partial charge in [0.15, 0.2) is 0 Å². The molecule has 0 saturated heterocycles. The van der Waals surface area contributed by atoms with Gasteiger partial charge in [0.05, 0.1) is 6.61 Å². The van der Waals surface area contributed by atoms with Crippen molar-refractivity contribution in [2.24, 2.45) is 0 Å². The maximum Gasteiger partial charge on any atom is 0.0615 e. The zero-order valence-electron chi connectivity index (χ0n) is 9.94. The molecule has 1 atom stereocenters. The van der Waals surface area contributed by atoms with Crippen LogP contribution >= 0.6 is 0 Å². The van der Waals surface area contributed by atoms with Crippen LogP contribution in [0.4, 0.5) is 0 Å². The van der Waals surface area contributed by atoms with Crippen LogP contribution in [-0.2, 0) is 11.3 Å². The molecule has 84 valence electrons. The van der Waals surface area contributed by atoms with Crippen LogP contribution in [0.5, 0.6) is 0 Å². The molecule has 0 N–H and O–H groups in total. The molecule has 15 heavy (non-hydrogen) atoms. The number of rotatable bonds is 6. The molecule has 0 aromatic heterocycles. The maximum atomic E-state index is 5.18. The first kappa shape index (κ1) is 12.2. The fourth-order valence-electron chi connectivity index (χ4n) is 1.74. The van der Waals surface area contributed by atoms with Gasteiger partial charge < -0.3 is 4.74 Å². The fourth-order valence-corrected chi connectivity index (χ4v) is 1.74. The maximum absolute atomic E-state index is 5.18. The van der Waals surface area contributed by atoms with Crippen LogP contribution in [0.15, 0.2) is 30.3 Å². The summed E-state index contributed by atoms with van der Waals surface area (Å²) in [5.41, 5.74) is 1.36. The third-order valence-corrected chi connectivity index (χ3v) is 2.67. The molecular weight excluding hydrogens is 186 g/mol. The van der Waals surface area contributed by atoms with Gasteiger partial charge in [-0.25, -0.2) is 0 Å². The van der Waals surface area contributed by atoms with E-state index in [1.165, 1.54) is 5.56 Å². The standard InChI is InChI=1S/C13H21NO/c1-4-14(12(2)11-15-3)10-13-8-6-5-7-9-13/h5-9,12H,4,10-11H2,1-3H3. The number of hydrogen-bond donors (Lipinski definition) is 0. The quantitative estimate of drug-likeness (QED) is 0.711. The SMILES string of the molecule is CCN(Cc1ccccc1)C(C)COC. The lowest BCUT2D eigenvalue weighted by Gasteiger charge is -2.27. The van der Waals surface area contributed by atoms with Crippen LogP contribution in [0.1, 0.15) is 19.4 Å². The van der Waals surface area contributed by atoms with Crippen molar-refractivity contribution in [1.29, 1.82) is 0 Å². The summed E-state index contributed by atoms with van der Waals surface area (Å²) in [4.78, 5) is 2.42. The van der Waals surface area contributed by atoms with Crippen molar-refractivity contribution in [1.82, 2.24) is 4.90 Å². The van der Waals surface area contributed by atoms with Crippen LogP contribution in [-0.4, -0.2) is 31.2 Å². The summed E-state index contributed by atoms with van der Waals surface area (Å²) in [5, 5.41) is 0. The largest absolute Gasteiger partial charge is 0.383 e. The molecule has 0 aliphatic rings. The van der Waals surface area contributed by atoms with E-state index in [-0.39, 0.29) is 0 Å². The number of benzene rings is 1. The summed E-state index contributed by atoms with van der Waals surface area (Å²) in [5.74, 6) is 0. The Labute approximate surface area is 92.9 Å². The molecule has 1 rings (SSSR count). The number of methoxy groups -OCH3 is 1. The molecule has 1 aromatic carbocycles. The lowest BCUT2D eigenvalue weighted by molar-refractivity contribution is 0.0982. The minimum Gasteiger partial charge on any atom is -0.383 e. The summed E-state index contributed by atoms with van der Waals surface area (Å²) >= 11 is 0. The predicted molar refractivity (Wildman–Crippen MR) is 63.9 cm³/mol. The van der Waals surface area contributed by atoms with Gasteiger partial charge in [0.2, 0.25) is 0 Å². The van der Waals surface area contributed by atoms with Gasteiger partial charge in [-0.1, -0.05) is 37.3 Å². The molecular formula is C13H21NO. The van der Waals surface area contributed by atoms with E-state index in [0.717, 1.165) is 19.7 Å². The molecule has 0 amide bonds. The second kappa shape index (κ2) is 6.59. The highest BCUT2D eigenvalue weighted by Crippen LogP contribution is 2.07. The van der Waals surface area contributed by atoms with E-state index in [0.29, 0.717) is 6.04 Å². The average molecular weight is 207 g/mol. The van der Waals surface area contributed by atoms with Crippen LogP contribution in [0, 0.1) is 0 Å². The monoisotopic (exact) mass is 207 g/mol. The Balaban J connectivity index is 2.53. The Bertz CT molecular complexity index is 260. The minimum atomic E-state index is 0.472. The van der Waals surface area contributed by atoms with E-state index >= 15 is 0 Å². The van der Waals surface area contributed by atoms with Gasteiger partial charge in [-0.3, -0.25) is 4.90 Å². The molecule has 0 fully saturated rings. The van der Waals surface area contributed by atoms with Gasteiger partial charge in [0.1, 0.15) is 0 Å². The number of hydrogen-bond acceptors (Lipinski definition) is 2. The first-order valence-corrected chi connectivity index (χ1v) is 5.54. The summed E-state index contributed by atoms with van der Waals surface area (Å²) in [6, 6.07) is 11.0. The summed E-state index contributed by atoms with van der Waals surface area (Å²) in [6.45, 7) is 7.24. The molecule has 0 saturated carbocycles. The molecule has 1 aromatic rings. The van der Waals surface area contributed by atoms with Crippen molar-refractivity contribution in [2.75, 3.05) is 20.3 Å². The minimum absolute atomic E-state index is 0.472. The lowest BCUT2D eigenvalue weighted by Crippen LogP contribution is -2.35. The van der Waals surface area contributed by atoms with Crippen LogP contribution in [0.3, 0.4) is 0 Å². The fraction of sp³-hybridized carbons (Fsp3) is 0.538. The third-order valence-electron chi connectivity index (χ3n) is 2.67. The molecule has 2 heteroatoms. The number of nitrogens with zero attached hydrogens (tertiary/aromatic N) is 1. The van der Waals surface area contributed by atoms with Gasteiger partial charge in [-0.05, 0) is 19.0 Å². The van der Waals surface area contributed by atoms with Crippen molar-refractivity contribution in [2.45, 2.75) is 26.4 Å². The number of ether oxygens (including phenoxy) is 1. The van der Waals surface area contributed by atoms with E-state index in [1.54, 1.807) is 7.11 Å². The molecule has 0 spiro atoms. The zero-order chi connectivity index (χ0) is 11.1. The summed E-state index contributed by atoms with van der Waals surface area (Å²) < 4.78 is 5.18. The van der Waals surface area contributed by atoms with Crippen LogP contribution in [0.25, 0.3) is 0 Å². The molecule has 0 aliphatic carbocycles. The Kier molecular flexibility index (Phi) is 5.37. The summed E-state index contributed by atoms with van der Waals surface area (Å²) in [6.07, 6.45) is 0. The second-order valence-electron chi connectivity index (χ2n) is 3.85. The molecule has 0 aliphatic heterocycles. The van der Waals surface area contributed by atoms with Gasteiger partial charge in [-0.15, -0.1) is 0 Å². The van der Waals surface area contributed by atoms with E-state index < -0.39 is 0 Å². The number of likely N-dealkylation sites (N-methyl/N-ethyl adjacent to an activating group) is 1. The highest BCUT2D eigenvalue weighted by atomic mass is 16.5. The Hall–Kier alpha value is -0.860. The zero-order valence-corrected chi connectivity index (χ0v) is 9.94. The van der Waals surface area contributed by atoms with Crippen LogP contribution in [0.2, 0.25) is 0 Å².